The minimum atomic E-state index is -0.252. The third-order valence-electron chi connectivity index (χ3n) is 5.52. The van der Waals surface area contributed by atoms with E-state index in [0.29, 0.717) is 13.2 Å². The van der Waals surface area contributed by atoms with Crippen LogP contribution in [0.25, 0.3) is 11.0 Å². The van der Waals surface area contributed by atoms with Crippen LogP contribution in [0.2, 0.25) is 0 Å². The first-order chi connectivity index (χ1) is 14.3. The molecule has 0 spiro atoms. The third kappa shape index (κ3) is 5.04. The maximum atomic E-state index is 12.1. The van der Waals surface area contributed by atoms with Crippen molar-refractivity contribution in [1.82, 2.24) is 14.9 Å². The van der Waals surface area contributed by atoms with Gasteiger partial charge in [0.2, 0.25) is 5.91 Å². The molecule has 5 nitrogen and oxygen atoms in total. The number of imidazole rings is 1. The van der Waals surface area contributed by atoms with Crippen LogP contribution in [0.4, 0.5) is 0 Å². The Morgan fingerprint density at radius 1 is 1.07 bits per heavy atom. The van der Waals surface area contributed by atoms with E-state index in [1.54, 1.807) is 0 Å². The van der Waals surface area contributed by atoms with Gasteiger partial charge in [-0.2, -0.15) is 0 Å². The number of nitrogens with zero attached hydrogens (tertiary/aromatic N) is 2. The van der Waals surface area contributed by atoms with Crippen LogP contribution in [-0.2, 0) is 28.9 Å². The monoisotopic (exact) mass is 391 g/mol. The molecular formula is C24H29N3O2. The number of fused-ring (bicyclic) bond motifs is 1. The zero-order valence-electron chi connectivity index (χ0n) is 16.8. The van der Waals surface area contributed by atoms with E-state index in [9.17, 15) is 4.79 Å². The van der Waals surface area contributed by atoms with Gasteiger partial charge in [-0.25, -0.2) is 4.98 Å². The Morgan fingerprint density at radius 3 is 2.72 bits per heavy atom. The van der Waals surface area contributed by atoms with Crippen molar-refractivity contribution in [3.05, 3.63) is 66.0 Å². The van der Waals surface area contributed by atoms with E-state index in [-0.39, 0.29) is 12.0 Å². The number of hydrogen-bond acceptors (Lipinski definition) is 3. The number of aryl methyl sites for hydroxylation is 3. The van der Waals surface area contributed by atoms with Gasteiger partial charge in [0, 0.05) is 26.1 Å². The van der Waals surface area contributed by atoms with Crippen molar-refractivity contribution in [2.24, 2.45) is 0 Å². The lowest BCUT2D eigenvalue weighted by atomic mass is 10.1. The van der Waals surface area contributed by atoms with Gasteiger partial charge in [0.05, 0.1) is 11.0 Å². The quantitative estimate of drug-likeness (QED) is 0.563. The predicted molar refractivity (Wildman–Crippen MR) is 115 cm³/mol. The molecule has 1 aromatic heterocycles. The molecule has 29 heavy (non-hydrogen) atoms. The summed E-state index contributed by atoms with van der Waals surface area (Å²) in [7, 11) is 0. The molecule has 3 aromatic rings. The average molecular weight is 392 g/mol. The summed E-state index contributed by atoms with van der Waals surface area (Å²) in [4.78, 5) is 16.9. The first-order valence-electron chi connectivity index (χ1n) is 10.7. The molecule has 1 saturated heterocycles. The standard InChI is InChI=1S/C24H29N3O2/c28-24(22-14-8-18-29-22)25-16-6-15-23-26-20-12-4-5-13-21(20)27(23)17-7-11-19-9-2-1-3-10-19/h1-5,9-10,12-13,22H,6-8,11,14-18H2,(H,25,28). The molecule has 1 atom stereocenters. The van der Waals surface area contributed by atoms with E-state index in [4.69, 9.17) is 9.72 Å². The zero-order chi connectivity index (χ0) is 19.9. The molecule has 1 aliphatic rings. The second kappa shape index (κ2) is 9.70. The number of rotatable bonds is 9. The van der Waals surface area contributed by atoms with Gasteiger partial charge in [-0.05, 0) is 49.8 Å². The molecule has 4 rings (SSSR count). The molecule has 0 saturated carbocycles. The van der Waals surface area contributed by atoms with E-state index in [0.717, 1.165) is 56.4 Å². The molecule has 5 heteroatoms. The predicted octanol–water partition coefficient (Wildman–Crippen LogP) is 3.90. The van der Waals surface area contributed by atoms with Crippen molar-refractivity contribution in [2.75, 3.05) is 13.2 Å². The van der Waals surface area contributed by atoms with Crippen molar-refractivity contribution < 1.29 is 9.53 Å². The topological polar surface area (TPSA) is 56.2 Å². The van der Waals surface area contributed by atoms with Gasteiger partial charge in [0.1, 0.15) is 11.9 Å². The molecule has 1 amide bonds. The molecule has 0 aliphatic carbocycles. The fourth-order valence-electron chi connectivity index (χ4n) is 4.01. The highest BCUT2D eigenvalue weighted by Crippen LogP contribution is 2.18. The van der Waals surface area contributed by atoms with Crippen molar-refractivity contribution >= 4 is 16.9 Å². The lowest BCUT2D eigenvalue weighted by Crippen LogP contribution is -2.34. The third-order valence-corrected chi connectivity index (χ3v) is 5.52. The Labute approximate surface area is 172 Å². The minimum absolute atomic E-state index is 0.0267. The lowest BCUT2D eigenvalue weighted by molar-refractivity contribution is -0.130. The van der Waals surface area contributed by atoms with Gasteiger partial charge in [-0.3, -0.25) is 4.79 Å². The van der Waals surface area contributed by atoms with Crippen LogP contribution in [0, 0.1) is 0 Å². The molecule has 0 radical (unpaired) electrons. The fourth-order valence-corrected chi connectivity index (χ4v) is 4.01. The Balaban J connectivity index is 1.35. The first-order valence-corrected chi connectivity index (χ1v) is 10.7. The number of nitrogens with one attached hydrogen (secondary N) is 1. The van der Waals surface area contributed by atoms with Crippen LogP contribution in [-0.4, -0.2) is 34.7 Å². The molecule has 1 N–H and O–H groups in total. The highest BCUT2D eigenvalue weighted by molar-refractivity contribution is 5.80. The van der Waals surface area contributed by atoms with Crippen LogP contribution < -0.4 is 5.32 Å². The van der Waals surface area contributed by atoms with Crippen LogP contribution in [0.3, 0.4) is 0 Å². The summed E-state index contributed by atoms with van der Waals surface area (Å²) in [5.41, 5.74) is 3.61. The number of carbonyl (C=O) groups excluding carboxylic acids is 1. The second-order valence-corrected chi connectivity index (χ2v) is 7.65. The fraction of sp³-hybridized carbons (Fsp3) is 0.417. The maximum absolute atomic E-state index is 12.1. The maximum Gasteiger partial charge on any atom is 0.249 e. The number of para-hydroxylation sites is 2. The summed E-state index contributed by atoms with van der Waals surface area (Å²) >= 11 is 0. The van der Waals surface area contributed by atoms with Crippen molar-refractivity contribution in [3.8, 4) is 0 Å². The van der Waals surface area contributed by atoms with Gasteiger partial charge in [0.15, 0.2) is 0 Å². The SMILES string of the molecule is O=C(NCCCc1nc2ccccc2n1CCCc1ccccc1)C1CCCO1. The number of carbonyl (C=O) groups is 1. The Hall–Kier alpha value is -2.66. The number of hydrogen-bond donors (Lipinski definition) is 1. The average Bonchev–Trinajstić information content (AvgIpc) is 3.41. The van der Waals surface area contributed by atoms with Crippen LogP contribution in [0.5, 0.6) is 0 Å². The molecule has 0 bridgehead atoms. The smallest absolute Gasteiger partial charge is 0.249 e. The summed E-state index contributed by atoms with van der Waals surface area (Å²) in [5, 5.41) is 3.01. The largest absolute Gasteiger partial charge is 0.368 e. The van der Waals surface area contributed by atoms with Crippen LogP contribution in [0.15, 0.2) is 54.6 Å². The van der Waals surface area contributed by atoms with E-state index in [1.165, 1.54) is 11.1 Å². The van der Waals surface area contributed by atoms with Crippen LogP contribution in [0.1, 0.15) is 37.1 Å². The highest BCUT2D eigenvalue weighted by atomic mass is 16.5. The summed E-state index contributed by atoms with van der Waals surface area (Å²) in [6.45, 7) is 2.31. The molecule has 1 aliphatic heterocycles. The molecular weight excluding hydrogens is 362 g/mol. The van der Waals surface area contributed by atoms with Gasteiger partial charge in [-0.15, -0.1) is 0 Å². The van der Waals surface area contributed by atoms with E-state index < -0.39 is 0 Å². The highest BCUT2D eigenvalue weighted by Gasteiger charge is 2.22. The van der Waals surface area contributed by atoms with Gasteiger partial charge in [0.25, 0.3) is 0 Å². The Bertz CT molecular complexity index is 930. The molecule has 152 valence electrons. The summed E-state index contributed by atoms with van der Waals surface area (Å²) < 4.78 is 7.79. The van der Waals surface area contributed by atoms with E-state index in [1.807, 2.05) is 6.07 Å². The first kappa shape index (κ1) is 19.6. The van der Waals surface area contributed by atoms with Crippen molar-refractivity contribution in [2.45, 2.75) is 51.2 Å². The Kier molecular flexibility index (Phi) is 6.57. The zero-order valence-corrected chi connectivity index (χ0v) is 16.8. The normalized spacial score (nSPS) is 16.3. The molecule has 1 unspecified atom stereocenters. The van der Waals surface area contributed by atoms with Gasteiger partial charge < -0.3 is 14.6 Å². The summed E-state index contributed by atoms with van der Waals surface area (Å²) in [6.07, 6.45) is 5.43. The number of ether oxygens (including phenoxy) is 1. The molecule has 2 aromatic carbocycles. The number of benzene rings is 2. The number of aromatic nitrogens is 2. The summed E-state index contributed by atoms with van der Waals surface area (Å²) in [6, 6.07) is 18.9. The van der Waals surface area contributed by atoms with Crippen molar-refractivity contribution in [3.63, 3.8) is 0 Å². The summed E-state index contributed by atoms with van der Waals surface area (Å²) in [5.74, 6) is 1.13. The minimum Gasteiger partial charge on any atom is -0.368 e. The second-order valence-electron chi connectivity index (χ2n) is 7.65. The van der Waals surface area contributed by atoms with E-state index in [2.05, 4.69) is 58.4 Å². The lowest BCUT2D eigenvalue weighted by Gasteiger charge is -2.11. The molecule has 2 heterocycles. The number of amides is 1. The molecule has 1 fully saturated rings. The van der Waals surface area contributed by atoms with Gasteiger partial charge in [-0.1, -0.05) is 42.5 Å². The van der Waals surface area contributed by atoms with Crippen LogP contribution >= 0.6 is 0 Å². The van der Waals surface area contributed by atoms with Crippen molar-refractivity contribution in [1.29, 1.82) is 0 Å². The van der Waals surface area contributed by atoms with E-state index >= 15 is 0 Å². The Morgan fingerprint density at radius 2 is 1.90 bits per heavy atom. The van der Waals surface area contributed by atoms with Gasteiger partial charge >= 0.3 is 0 Å².